The number of hydrogen-bond acceptors (Lipinski definition) is 7. The molecule has 0 spiro atoms. The van der Waals surface area contributed by atoms with Gasteiger partial charge in [-0.05, 0) is 49.9 Å². The van der Waals surface area contributed by atoms with Crippen molar-refractivity contribution in [3.05, 3.63) is 47.0 Å². The summed E-state index contributed by atoms with van der Waals surface area (Å²) >= 11 is 0. The molecule has 1 saturated heterocycles. The van der Waals surface area contributed by atoms with E-state index in [1.165, 1.54) is 0 Å². The Morgan fingerprint density at radius 1 is 1.23 bits per heavy atom. The van der Waals surface area contributed by atoms with Crippen LogP contribution in [-0.4, -0.2) is 51.7 Å². The highest BCUT2D eigenvalue weighted by atomic mass is 16.4. The first kappa shape index (κ1) is 21.0. The van der Waals surface area contributed by atoms with Crippen LogP contribution in [0.1, 0.15) is 40.4 Å². The lowest BCUT2D eigenvalue weighted by Crippen LogP contribution is -2.34. The Morgan fingerprint density at radius 2 is 1.90 bits per heavy atom. The number of carboxylic acid groups (broad SMARTS) is 1. The highest BCUT2D eigenvalue weighted by Crippen LogP contribution is 2.26. The number of amides is 1. The topological polar surface area (TPSA) is 139 Å². The molecule has 3 N–H and O–H groups in total. The molecule has 0 unspecified atom stereocenters. The van der Waals surface area contributed by atoms with Gasteiger partial charge < -0.3 is 20.4 Å². The van der Waals surface area contributed by atoms with Crippen molar-refractivity contribution >= 4 is 17.6 Å². The molecule has 0 saturated carbocycles. The summed E-state index contributed by atoms with van der Waals surface area (Å²) in [4.78, 5) is 33.6. The first-order valence-electron chi connectivity index (χ1n) is 9.69. The van der Waals surface area contributed by atoms with Crippen LogP contribution in [0.15, 0.2) is 24.3 Å². The first-order valence-corrected chi connectivity index (χ1v) is 9.69. The highest BCUT2D eigenvalue weighted by molar-refractivity contribution is 5.96. The maximum Gasteiger partial charge on any atom is 0.322 e. The second-order valence-corrected chi connectivity index (χ2v) is 7.29. The number of anilines is 1. The van der Waals surface area contributed by atoms with E-state index in [9.17, 15) is 14.7 Å². The average Bonchev–Trinajstić information content (AvgIpc) is 2.75. The van der Waals surface area contributed by atoms with E-state index in [2.05, 4.69) is 26.3 Å². The Balaban J connectivity index is 1.63. The van der Waals surface area contributed by atoms with Crippen molar-refractivity contribution in [3.8, 4) is 11.8 Å². The fourth-order valence-corrected chi connectivity index (χ4v) is 3.51. The van der Waals surface area contributed by atoms with Crippen LogP contribution in [0.25, 0.3) is 0 Å². The van der Waals surface area contributed by atoms with Gasteiger partial charge in [0.15, 0.2) is 11.4 Å². The Kier molecular flexibility index (Phi) is 6.47. The molecule has 0 atom stereocenters. The Hall–Kier alpha value is -3.67. The molecule has 1 fully saturated rings. The minimum atomic E-state index is -1.18. The molecule has 30 heavy (non-hydrogen) atoms. The summed E-state index contributed by atoms with van der Waals surface area (Å²) < 4.78 is 0. The van der Waals surface area contributed by atoms with Crippen molar-refractivity contribution in [2.75, 3.05) is 24.5 Å². The molecule has 1 aliphatic rings. The van der Waals surface area contributed by atoms with E-state index < -0.39 is 18.4 Å². The summed E-state index contributed by atoms with van der Waals surface area (Å²) in [5.41, 5.74) is 1.81. The normalized spacial score (nSPS) is 14.2. The number of aryl methyl sites for hydroxylation is 1. The summed E-state index contributed by atoms with van der Waals surface area (Å²) in [5, 5.41) is 29.9. The van der Waals surface area contributed by atoms with E-state index in [-0.39, 0.29) is 17.1 Å². The van der Waals surface area contributed by atoms with Gasteiger partial charge in [-0.3, -0.25) is 9.59 Å². The van der Waals surface area contributed by atoms with E-state index in [4.69, 9.17) is 10.4 Å². The number of nitrogens with one attached hydrogen (secondary N) is 1. The number of aromatic nitrogens is 2. The number of aromatic hydroxyl groups is 1. The van der Waals surface area contributed by atoms with Crippen LogP contribution in [0.4, 0.5) is 5.69 Å². The molecule has 156 valence electrons. The van der Waals surface area contributed by atoms with Gasteiger partial charge in [-0.1, -0.05) is 0 Å². The zero-order valence-electron chi connectivity index (χ0n) is 16.6. The van der Waals surface area contributed by atoms with E-state index >= 15 is 0 Å². The number of rotatable bonds is 6. The smallest absolute Gasteiger partial charge is 0.322 e. The minimum Gasteiger partial charge on any atom is -0.504 e. The molecule has 2 heterocycles. The molecule has 9 nitrogen and oxygen atoms in total. The van der Waals surface area contributed by atoms with Crippen molar-refractivity contribution in [2.24, 2.45) is 5.92 Å². The molecule has 0 radical (unpaired) electrons. The maximum absolute atomic E-state index is 12.2. The van der Waals surface area contributed by atoms with Crippen LogP contribution in [0.2, 0.25) is 0 Å². The van der Waals surface area contributed by atoms with Gasteiger partial charge in [-0.25, -0.2) is 9.97 Å². The second-order valence-electron chi connectivity index (χ2n) is 7.29. The third kappa shape index (κ3) is 5.03. The third-order valence-corrected chi connectivity index (χ3v) is 5.17. The molecule has 1 aliphatic heterocycles. The number of piperidine rings is 1. The van der Waals surface area contributed by atoms with Crippen LogP contribution >= 0.6 is 0 Å². The van der Waals surface area contributed by atoms with Crippen molar-refractivity contribution in [3.63, 3.8) is 0 Å². The minimum absolute atomic E-state index is 0.200. The lowest BCUT2D eigenvalue weighted by Gasteiger charge is -2.33. The van der Waals surface area contributed by atoms with Crippen LogP contribution < -0.4 is 10.2 Å². The van der Waals surface area contributed by atoms with E-state index in [1.807, 2.05) is 24.3 Å². The number of nitrogens with zero attached hydrogens (tertiary/aromatic N) is 4. The van der Waals surface area contributed by atoms with Crippen LogP contribution in [-0.2, 0) is 11.2 Å². The second kappa shape index (κ2) is 9.22. The maximum atomic E-state index is 12.2. The molecule has 1 aromatic carbocycles. The molecule has 9 heteroatoms. The number of nitriles is 1. The molecule has 0 aliphatic carbocycles. The number of carbonyl (C=O) groups is 2. The van der Waals surface area contributed by atoms with E-state index in [1.54, 1.807) is 6.92 Å². The molecule has 0 bridgehead atoms. The summed E-state index contributed by atoms with van der Waals surface area (Å²) in [7, 11) is 0. The lowest BCUT2D eigenvalue weighted by molar-refractivity contribution is -0.135. The van der Waals surface area contributed by atoms with Gasteiger partial charge >= 0.3 is 5.97 Å². The fraction of sp³-hybridized carbons (Fsp3) is 0.381. The van der Waals surface area contributed by atoms with Crippen molar-refractivity contribution in [2.45, 2.75) is 26.2 Å². The number of hydrogen-bond donors (Lipinski definition) is 3. The summed E-state index contributed by atoms with van der Waals surface area (Å²) in [6, 6.07) is 9.64. The van der Waals surface area contributed by atoms with Gasteiger partial charge in [-0.15, -0.1) is 0 Å². The van der Waals surface area contributed by atoms with Crippen molar-refractivity contribution < 1.29 is 19.8 Å². The van der Waals surface area contributed by atoms with E-state index in [0.29, 0.717) is 23.7 Å². The zero-order chi connectivity index (χ0) is 21.7. The Morgan fingerprint density at radius 3 is 2.50 bits per heavy atom. The molecular formula is C21H23N5O4. The van der Waals surface area contributed by atoms with Gasteiger partial charge in [0.2, 0.25) is 0 Å². The number of carboxylic acids is 1. The monoisotopic (exact) mass is 409 g/mol. The van der Waals surface area contributed by atoms with Crippen LogP contribution in [0, 0.1) is 24.2 Å². The molecule has 3 rings (SSSR count). The number of benzene rings is 1. The molecule has 2 aromatic rings. The molecular weight excluding hydrogens is 386 g/mol. The van der Waals surface area contributed by atoms with Crippen LogP contribution in [0.5, 0.6) is 5.75 Å². The molecule has 1 aromatic heterocycles. The summed E-state index contributed by atoms with van der Waals surface area (Å²) in [6.45, 7) is 2.76. The summed E-state index contributed by atoms with van der Waals surface area (Å²) in [6.07, 6.45) is 2.41. The predicted molar refractivity (Wildman–Crippen MR) is 108 cm³/mol. The van der Waals surface area contributed by atoms with Gasteiger partial charge in [0.05, 0.1) is 17.3 Å². The van der Waals surface area contributed by atoms with Gasteiger partial charge in [0, 0.05) is 25.2 Å². The zero-order valence-corrected chi connectivity index (χ0v) is 16.6. The molecule has 1 amide bonds. The first-order chi connectivity index (χ1) is 14.4. The predicted octanol–water partition coefficient (Wildman–Crippen LogP) is 1.64. The standard InChI is InChI=1S/C21H23N5O4/c1-13-20(29)19(21(30)23-12-18(27)28)25-17(24-13)10-14-6-8-26(9-7-14)16-4-2-15(11-22)3-5-16/h2-5,14,29H,6-10,12H2,1H3,(H,23,30)(H,27,28). The van der Waals surface area contributed by atoms with Gasteiger partial charge in [-0.2, -0.15) is 5.26 Å². The van der Waals surface area contributed by atoms with Crippen molar-refractivity contribution in [1.82, 2.24) is 15.3 Å². The Labute approximate surface area is 174 Å². The van der Waals surface area contributed by atoms with Crippen LogP contribution in [0.3, 0.4) is 0 Å². The van der Waals surface area contributed by atoms with Gasteiger partial charge in [0.25, 0.3) is 5.91 Å². The highest BCUT2D eigenvalue weighted by Gasteiger charge is 2.23. The quantitative estimate of drug-likeness (QED) is 0.654. The SMILES string of the molecule is Cc1nc(CC2CCN(c3ccc(C#N)cc3)CC2)nc(C(=O)NCC(=O)O)c1O. The Bertz CT molecular complexity index is 976. The largest absolute Gasteiger partial charge is 0.504 e. The average molecular weight is 409 g/mol. The van der Waals surface area contributed by atoms with Crippen molar-refractivity contribution in [1.29, 1.82) is 5.26 Å². The lowest BCUT2D eigenvalue weighted by atomic mass is 9.92. The van der Waals surface area contributed by atoms with E-state index in [0.717, 1.165) is 31.6 Å². The van der Waals surface area contributed by atoms with Gasteiger partial charge in [0.1, 0.15) is 12.4 Å². The number of aliphatic carboxylic acids is 1. The fourth-order valence-electron chi connectivity index (χ4n) is 3.51. The summed E-state index contributed by atoms with van der Waals surface area (Å²) in [5.74, 6) is -1.46. The third-order valence-electron chi connectivity index (χ3n) is 5.17. The number of carbonyl (C=O) groups excluding carboxylic acids is 1.